The summed E-state index contributed by atoms with van der Waals surface area (Å²) < 4.78 is 15.0. The van der Waals surface area contributed by atoms with Crippen molar-refractivity contribution >= 4 is 46.2 Å². The molecule has 2 heterocycles. The van der Waals surface area contributed by atoms with Crippen LogP contribution in [0.5, 0.6) is 0 Å². The molecule has 22 heavy (non-hydrogen) atoms. The molecule has 1 aromatic carbocycles. The van der Waals surface area contributed by atoms with E-state index in [2.05, 4.69) is 10.3 Å². The highest BCUT2D eigenvalue weighted by molar-refractivity contribution is 8.18. The summed E-state index contributed by atoms with van der Waals surface area (Å²) in [6, 6.07) is 7.97. The molecule has 0 aliphatic carbocycles. The van der Waals surface area contributed by atoms with Gasteiger partial charge in [-0.05, 0) is 48.2 Å². The van der Waals surface area contributed by atoms with Gasteiger partial charge in [-0.2, -0.15) is 0 Å². The van der Waals surface area contributed by atoms with E-state index < -0.39 is 5.82 Å². The summed E-state index contributed by atoms with van der Waals surface area (Å²) in [4.78, 5) is 16.8. The molecule has 3 rings (SSSR count). The van der Waals surface area contributed by atoms with Gasteiger partial charge in [0.05, 0.1) is 15.6 Å². The summed E-state index contributed by atoms with van der Waals surface area (Å²) in [6.45, 7) is 0. The molecule has 1 aliphatic rings. The van der Waals surface area contributed by atoms with Gasteiger partial charge in [-0.3, -0.25) is 4.79 Å². The molecule has 0 radical (unpaired) electrons. The number of amidine groups is 1. The van der Waals surface area contributed by atoms with E-state index in [0.29, 0.717) is 15.8 Å². The lowest BCUT2D eigenvalue weighted by Gasteiger charge is -1.98. The van der Waals surface area contributed by atoms with Crippen LogP contribution in [-0.4, -0.2) is 15.6 Å². The lowest BCUT2D eigenvalue weighted by Crippen LogP contribution is -2.19. The molecule has 1 aromatic heterocycles. The van der Waals surface area contributed by atoms with Crippen LogP contribution < -0.4 is 5.32 Å². The van der Waals surface area contributed by atoms with Crippen molar-refractivity contribution in [1.82, 2.24) is 9.88 Å². The van der Waals surface area contributed by atoms with Crippen LogP contribution in [0.4, 0.5) is 10.1 Å². The van der Waals surface area contributed by atoms with Crippen molar-refractivity contribution in [2.75, 3.05) is 0 Å². The average Bonchev–Trinajstić information content (AvgIpc) is 3.02. The number of carbonyl (C=O) groups excluding carboxylic acids is 1. The molecule has 0 spiro atoms. The molecule has 1 fully saturated rings. The second-order valence-corrected chi connectivity index (χ2v) is 6.06. The van der Waals surface area contributed by atoms with E-state index in [0.717, 1.165) is 5.69 Å². The normalized spacial score (nSPS) is 18.2. The van der Waals surface area contributed by atoms with Gasteiger partial charge in [0.15, 0.2) is 5.17 Å². The number of halogens is 2. The molecule has 1 amide bonds. The average molecular weight is 336 g/mol. The Hall–Kier alpha value is -2.05. The third-order valence-corrected chi connectivity index (χ3v) is 4.25. The Kier molecular flexibility index (Phi) is 4.04. The summed E-state index contributed by atoms with van der Waals surface area (Å²) in [5.74, 6) is -0.712. The highest BCUT2D eigenvalue weighted by Gasteiger charge is 2.24. The predicted octanol–water partition coefficient (Wildman–Crippen LogP) is 3.71. The van der Waals surface area contributed by atoms with E-state index >= 15 is 0 Å². The first-order chi connectivity index (χ1) is 10.5. The first kappa shape index (κ1) is 14.9. The molecule has 2 aromatic rings. The van der Waals surface area contributed by atoms with E-state index in [-0.39, 0.29) is 10.9 Å². The highest BCUT2D eigenvalue weighted by atomic mass is 35.5. The Labute approximate surface area is 135 Å². The lowest BCUT2D eigenvalue weighted by molar-refractivity contribution is -0.115. The van der Waals surface area contributed by atoms with Crippen LogP contribution in [0.2, 0.25) is 5.02 Å². The summed E-state index contributed by atoms with van der Waals surface area (Å²) in [5.41, 5.74) is 1.40. The Morgan fingerprint density at radius 3 is 2.91 bits per heavy atom. The molecule has 0 atom stereocenters. The van der Waals surface area contributed by atoms with Crippen LogP contribution >= 0.6 is 23.4 Å². The molecule has 1 aliphatic heterocycles. The van der Waals surface area contributed by atoms with Crippen LogP contribution in [0.3, 0.4) is 0 Å². The molecule has 112 valence electrons. The fourth-order valence-electron chi connectivity index (χ4n) is 1.91. The van der Waals surface area contributed by atoms with Gasteiger partial charge in [0.1, 0.15) is 5.82 Å². The van der Waals surface area contributed by atoms with Gasteiger partial charge in [0.25, 0.3) is 5.91 Å². The highest BCUT2D eigenvalue weighted by Crippen LogP contribution is 2.29. The third kappa shape index (κ3) is 3.08. The quantitative estimate of drug-likeness (QED) is 0.850. The van der Waals surface area contributed by atoms with Crippen molar-refractivity contribution in [3.63, 3.8) is 0 Å². The van der Waals surface area contributed by atoms with Gasteiger partial charge >= 0.3 is 0 Å². The van der Waals surface area contributed by atoms with E-state index in [1.807, 2.05) is 29.9 Å². The molecule has 0 bridgehead atoms. The number of aliphatic imine (C=N–C) groups is 1. The molecular weight excluding hydrogens is 325 g/mol. The van der Waals surface area contributed by atoms with Gasteiger partial charge in [-0.15, -0.1) is 0 Å². The maximum absolute atomic E-state index is 13.1. The number of thioether (sulfide) groups is 1. The summed E-state index contributed by atoms with van der Waals surface area (Å²) >= 11 is 6.95. The first-order valence-corrected chi connectivity index (χ1v) is 7.58. The van der Waals surface area contributed by atoms with E-state index in [9.17, 15) is 9.18 Å². The number of amides is 1. The number of carbonyl (C=O) groups is 1. The van der Waals surface area contributed by atoms with Crippen LogP contribution in [-0.2, 0) is 11.8 Å². The standard InChI is InChI=1S/C15H11ClFN3OS/c1-20-6-2-3-10(20)8-13-14(21)19-15(22-13)18-9-4-5-12(17)11(16)7-9/h2-8H,1H3,(H,18,19,21). The Balaban J connectivity index is 1.85. The molecular formula is C15H11ClFN3OS. The van der Waals surface area contributed by atoms with Gasteiger partial charge in [-0.1, -0.05) is 11.6 Å². The first-order valence-electron chi connectivity index (χ1n) is 6.39. The van der Waals surface area contributed by atoms with Gasteiger partial charge < -0.3 is 9.88 Å². The summed E-state index contributed by atoms with van der Waals surface area (Å²) in [5, 5.41) is 3.11. The monoisotopic (exact) mass is 335 g/mol. The van der Waals surface area contributed by atoms with Crippen LogP contribution in [0.1, 0.15) is 5.69 Å². The zero-order valence-electron chi connectivity index (χ0n) is 11.5. The Morgan fingerprint density at radius 2 is 2.23 bits per heavy atom. The van der Waals surface area contributed by atoms with Gasteiger partial charge in [0, 0.05) is 18.9 Å². The smallest absolute Gasteiger partial charge is 0.264 e. The fraction of sp³-hybridized carbons (Fsp3) is 0.0667. The lowest BCUT2D eigenvalue weighted by atomic mass is 10.3. The third-order valence-electron chi connectivity index (χ3n) is 3.05. The second-order valence-electron chi connectivity index (χ2n) is 4.62. The largest absolute Gasteiger partial charge is 0.351 e. The van der Waals surface area contributed by atoms with Crippen molar-refractivity contribution in [3.05, 3.63) is 58.0 Å². The molecule has 1 N–H and O–H groups in total. The number of nitrogens with zero attached hydrogens (tertiary/aromatic N) is 2. The topological polar surface area (TPSA) is 46.4 Å². The number of rotatable bonds is 2. The number of aryl methyl sites for hydroxylation is 1. The Bertz CT molecular complexity index is 813. The predicted molar refractivity (Wildman–Crippen MR) is 87.6 cm³/mol. The summed E-state index contributed by atoms with van der Waals surface area (Å²) in [6.07, 6.45) is 3.69. The minimum Gasteiger partial charge on any atom is -0.351 e. The maximum Gasteiger partial charge on any atom is 0.264 e. The van der Waals surface area contributed by atoms with Gasteiger partial charge in [0.2, 0.25) is 0 Å². The number of hydrogen-bond donors (Lipinski definition) is 1. The molecule has 0 unspecified atom stereocenters. The van der Waals surface area contributed by atoms with E-state index in [1.165, 1.54) is 30.0 Å². The molecule has 1 saturated heterocycles. The molecule has 0 saturated carbocycles. The minimum atomic E-state index is -0.502. The van der Waals surface area contributed by atoms with Crippen molar-refractivity contribution in [3.8, 4) is 0 Å². The number of nitrogens with one attached hydrogen (secondary N) is 1. The van der Waals surface area contributed by atoms with Crippen molar-refractivity contribution in [2.24, 2.45) is 12.0 Å². The fourth-order valence-corrected chi connectivity index (χ4v) is 2.91. The SMILES string of the molecule is Cn1cccc1C=C1SC(=Nc2ccc(F)c(Cl)c2)NC1=O. The molecule has 4 nitrogen and oxygen atoms in total. The van der Waals surface area contributed by atoms with E-state index in [4.69, 9.17) is 11.6 Å². The zero-order valence-corrected chi connectivity index (χ0v) is 13.1. The van der Waals surface area contributed by atoms with Crippen LogP contribution in [0, 0.1) is 5.82 Å². The zero-order chi connectivity index (χ0) is 15.7. The number of hydrogen-bond acceptors (Lipinski definition) is 3. The number of aromatic nitrogens is 1. The van der Waals surface area contributed by atoms with Crippen LogP contribution in [0.25, 0.3) is 6.08 Å². The van der Waals surface area contributed by atoms with E-state index in [1.54, 1.807) is 6.08 Å². The number of benzene rings is 1. The second kappa shape index (κ2) is 5.98. The van der Waals surface area contributed by atoms with Crippen molar-refractivity contribution in [1.29, 1.82) is 0 Å². The van der Waals surface area contributed by atoms with Crippen molar-refractivity contribution in [2.45, 2.75) is 0 Å². The Morgan fingerprint density at radius 1 is 1.41 bits per heavy atom. The minimum absolute atomic E-state index is 0.00394. The van der Waals surface area contributed by atoms with Crippen LogP contribution in [0.15, 0.2) is 46.4 Å². The van der Waals surface area contributed by atoms with Crippen molar-refractivity contribution < 1.29 is 9.18 Å². The molecule has 7 heteroatoms. The maximum atomic E-state index is 13.1. The van der Waals surface area contributed by atoms with Gasteiger partial charge in [-0.25, -0.2) is 9.38 Å². The summed E-state index contributed by atoms with van der Waals surface area (Å²) in [7, 11) is 1.90.